The van der Waals surface area contributed by atoms with Crippen molar-refractivity contribution in [3.05, 3.63) is 129 Å². The number of benzene rings is 6. The number of carbonyl (C=O) groups excluding carboxylic acids is 3. The van der Waals surface area contributed by atoms with Gasteiger partial charge in [0.05, 0.1) is 35.1 Å². The molecule has 6 rings (SSSR count). The molecule has 0 fully saturated rings. The highest BCUT2D eigenvalue weighted by Gasteiger charge is 2.20. The maximum atomic E-state index is 13.3. The third-order valence-electron chi connectivity index (χ3n) is 8.01. The largest absolute Gasteiger partial charge is 0.465 e. The van der Waals surface area contributed by atoms with Gasteiger partial charge in [-0.05, 0) is 138 Å². The van der Waals surface area contributed by atoms with Gasteiger partial charge in [0.1, 0.15) is 0 Å². The molecule has 0 radical (unpaired) electrons. The van der Waals surface area contributed by atoms with Crippen LogP contribution in [-0.4, -0.2) is 49.0 Å². The average Bonchev–Trinajstić information content (AvgIpc) is 3.14. The van der Waals surface area contributed by atoms with E-state index in [1.807, 2.05) is 0 Å². The summed E-state index contributed by atoms with van der Waals surface area (Å²) < 4.78 is 68.5. The Kier molecular flexibility index (Phi) is 11.0. The lowest BCUT2D eigenvalue weighted by Gasteiger charge is -2.12. The van der Waals surface area contributed by atoms with Gasteiger partial charge in [0.15, 0.2) is 0 Å². The molecule has 0 saturated heterocycles. The normalized spacial score (nSPS) is 11.5. The fraction of sp³-hybridized carbons (Fsp3) is 0.0541. The molecule has 0 aromatic heterocycles. The van der Waals surface area contributed by atoms with E-state index in [1.54, 1.807) is 48.5 Å². The molecule has 0 atom stereocenters. The molecule has 54 heavy (non-hydrogen) atoms. The summed E-state index contributed by atoms with van der Waals surface area (Å²) >= 11 is 6.51. The van der Waals surface area contributed by atoms with Crippen LogP contribution in [0.15, 0.2) is 128 Å². The van der Waals surface area contributed by atoms with Crippen LogP contribution < -0.4 is 20.1 Å². The Balaban J connectivity index is 1.17. The molecule has 2 amide bonds. The van der Waals surface area contributed by atoms with E-state index < -0.39 is 38.0 Å². The Hall–Kier alpha value is -5.49. The molecule has 13 nitrogen and oxygen atoms in total. The molecule has 0 saturated carbocycles. The van der Waals surface area contributed by atoms with Gasteiger partial charge in [0.2, 0.25) is 0 Å². The predicted molar refractivity (Wildman–Crippen MR) is 213 cm³/mol. The van der Waals surface area contributed by atoms with Crippen LogP contribution in [0.3, 0.4) is 0 Å². The second-order valence-corrected chi connectivity index (χ2v) is 16.7. The number of nitrogens with one attached hydrogen (secondary N) is 4. The zero-order valence-corrected chi connectivity index (χ0v) is 32.9. The maximum absolute atomic E-state index is 13.3. The van der Waals surface area contributed by atoms with E-state index in [-0.39, 0.29) is 32.3 Å². The van der Waals surface area contributed by atoms with Crippen molar-refractivity contribution in [2.24, 2.45) is 0 Å². The summed E-state index contributed by atoms with van der Waals surface area (Å²) in [6.45, 7) is 0. The smallest absolute Gasteiger partial charge is 0.339 e. The first-order valence-electron chi connectivity index (χ1n) is 15.6. The molecule has 0 heterocycles. The van der Waals surface area contributed by atoms with Gasteiger partial charge >= 0.3 is 18.0 Å². The highest BCUT2D eigenvalue weighted by atomic mass is 79.9. The Morgan fingerprint density at radius 3 is 1.24 bits per heavy atom. The summed E-state index contributed by atoms with van der Waals surface area (Å²) in [7, 11) is -5.70. The Bertz CT molecular complexity index is 2540. The number of fused-ring (bicyclic) bond motifs is 2. The van der Waals surface area contributed by atoms with Crippen molar-refractivity contribution >= 4 is 114 Å². The lowest BCUT2D eigenvalue weighted by atomic mass is 10.1. The van der Waals surface area contributed by atoms with Crippen molar-refractivity contribution in [1.29, 1.82) is 0 Å². The van der Waals surface area contributed by atoms with Gasteiger partial charge in [-0.2, -0.15) is 0 Å². The van der Waals surface area contributed by atoms with Crippen molar-refractivity contribution in [3.8, 4) is 0 Å². The molecule has 0 aliphatic rings. The number of carbonyl (C=O) groups is 3. The summed E-state index contributed by atoms with van der Waals surface area (Å²) in [5, 5.41) is 7.96. The lowest BCUT2D eigenvalue weighted by Crippen LogP contribution is -2.19. The maximum Gasteiger partial charge on any atom is 0.339 e. The van der Waals surface area contributed by atoms with Crippen LogP contribution in [0.4, 0.5) is 27.5 Å². The zero-order valence-electron chi connectivity index (χ0n) is 28.1. The Morgan fingerprint density at radius 1 is 0.481 bits per heavy atom. The second-order valence-electron chi connectivity index (χ2n) is 11.6. The number of amides is 2. The van der Waals surface area contributed by atoms with E-state index in [4.69, 9.17) is 9.47 Å². The van der Waals surface area contributed by atoms with Crippen molar-refractivity contribution in [2.75, 3.05) is 34.3 Å². The molecule has 0 aliphatic heterocycles. The first-order chi connectivity index (χ1) is 25.6. The first kappa shape index (κ1) is 38.2. The fourth-order valence-electron chi connectivity index (χ4n) is 5.37. The lowest BCUT2D eigenvalue weighted by molar-refractivity contribution is 0.0591. The molecule has 0 aliphatic carbocycles. The third-order valence-corrected chi connectivity index (χ3v) is 12.1. The van der Waals surface area contributed by atoms with Gasteiger partial charge in [-0.1, -0.05) is 24.3 Å². The number of ether oxygens (including phenoxy) is 2. The SMILES string of the molecule is COC(=O)c1cc(NS(=O)(=O)c2ccc3ccc(NC(=O)Nc4ccc5ccc(S(=O)(=O)Nc6ccc(Br)c(C(=O)OC)c6)cc5c4)cc3c2)ccc1Br. The minimum atomic E-state index is -4.07. The molecule has 0 unspecified atom stereocenters. The number of halogens is 2. The van der Waals surface area contributed by atoms with Gasteiger partial charge in [0, 0.05) is 31.7 Å². The van der Waals surface area contributed by atoms with Crippen molar-refractivity contribution in [2.45, 2.75) is 9.79 Å². The second kappa shape index (κ2) is 15.5. The van der Waals surface area contributed by atoms with Crippen molar-refractivity contribution < 1.29 is 40.7 Å². The Labute approximate surface area is 326 Å². The minimum Gasteiger partial charge on any atom is -0.465 e. The summed E-state index contributed by atoms with van der Waals surface area (Å²) in [5.74, 6) is -1.27. The molecule has 6 aromatic rings. The first-order valence-corrected chi connectivity index (χ1v) is 20.2. The standard InChI is InChI=1S/C37H28Br2N4O9S2/c1-51-35(44)31-19-27(9-13-33(31)38)42-53(47,48)29-11-5-21-3-7-25(15-23(21)17-29)40-37(46)41-26-8-4-22-6-12-30(18-24(22)16-26)54(49,50)43-28-10-14-34(39)32(20-28)36(45)52-2/h3-20,42-43H,1-2H3,(H2,40,41,46). The molecule has 17 heteroatoms. The van der Waals surface area contributed by atoms with Crippen LogP contribution in [-0.2, 0) is 29.5 Å². The van der Waals surface area contributed by atoms with E-state index in [1.165, 1.54) is 74.9 Å². The molecular formula is C37H28Br2N4O9S2. The van der Waals surface area contributed by atoms with E-state index in [0.717, 1.165) is 10.8 Å². The monoisotopic (exact) mass is 894 g/mol. The summed E-state index contributed by atoms with van der Waals surface area (Å²) in [6.07, 6.45) is 0. The minimum absolute atomic E-state index is 0.0466. The zero-order chi connectivity index (χ0) is 38.8. The molecule has 0 spiro atoms. The van der Waals surface area contributed by atoms with Gasteiger partial charge in [-0.3, -0.25) is 9.44 Å². The van der Waals surface area contributed by atoms with Gasteiger partial charge < -0.3 is 20.1 Å². The number of methoxy groups -OCH3 is 2. The topological polar surface area (TPSA) is 186 Å². The highest BCUT2D eigenvalue weighted by Crippen LogP contribution is 2.29. The van der Waals surface area contributed by atoms with E-state index in [9.17, 15) is 31.2 Å². The van der Waals surface area contributed by atoms with E-state index in [2.05, 4.69) is 51.9 Å². The number of hydrogen-bond acceptors (Lipinski definition) is 9. The summed E-state index contributed by atoms with van der Waals surface area (Å²) in [4.78, 5) is 37.1. The number of urea groups is 1. The van der Waals surface area contributed by atoms with Crippen LogP contribution in [0.25, 0.3) is 21.5 Å². The van der Waals surface area contributed by atoms with Crippen LogP contribution in [0.1, 0.15) is 20.7 Å². The molecular weight excluding hydrogens is 868 g/mol. The average molecular weight is 897 g/mol. The quantitative estimate of drug-likeness (QED) is 0.0982. The number of sulfonamides is 2. The molecule has 6 aromatic carbocycles. The molecule has 0 bridgehead atoms. The number of hydrogen-bond donors (Lipinski definition) is 4. The van der Waals surface area contributed by atoms with Gasteiger partial charge in [-0.25, -0.2) is 31.2 Å². The fourth-order valence-corrected chi connectivity index (χ4v) is 8.36. The van der Waals surface area contributed by atoms with E-state index in [0.29, 0.717) is 31.1 Å². The van der Waals surface area contributed by atoms with Crippen LogP contribution >= 0.6 is 31.9 Å². The van der Waals surface area contributed by atoms with Crippen LogP contribution in [0, 0.1) is 0 Å². The third kappa shape index (κ3) is 8.49. The summed E-state index contributed by atoms with van der Waals surface area (Å²) in [6, 6.07) is 27.2. The number of rotatable bonds is 10. The Morgan fingerprint density at radius 2 is 0.852 bits per heavy atom. The number of esters is 2. The van der Waals surface area contributed by atoms with Crippen LogP contribution in [0.5, 0.6) is 0 Å². The molecule has 4 N–H and O–H groups in total. The highest BCUT2D eigenvalue weighted by molar-refractivity contribution is 9.10. The summed E-state index contributed by atoms with van der Waals surface area (Å²) in [5.41, 5.74) is 1.36. The van der Waals surface area contributed by atoms with E-state index >= 15 is 0 Å². The van der Waals surface area contributed by atoms with Gasteiger partial charge in [-0.15, -0.1) is 0 Å². The van der Waals surface area contributed by atoms with Gasteiger partial charge in [0.25, 0.3) is 20.0 Å². The molecule has 276 valence electrons. The van der Waals surface area contributed by atoms with Crippen molar-refractivity contribution in [1.82, 2.24) is 0 Å². The van der Waals surface area contributed by atoms with Crippen LogP contribution in [0.2, 0.25) is 0 Å². The van der Waals surface area contributed by atoms with Crippen molar-refractivity contribution in [3.63, 3.8) is 0 Å². The number of anilines is 4. The predicted octanol–water partition coefficient (Wildman–Crippen LogP) is 8.34.